The van der Waals surface area contributed by atoms with Gasteiger partial charge in [0.1, 0.15) is 11.4 Å². The van der Waals surface area contributed by atoms with E-state index in [0.29, 0.717) is 12.2 Å². The predicted molar refractivity (Wildman–Crippen MR) is 72.1 cm³/mol. The maximum Gasteiger partial charge on any atom is 0.340 e. The first-order valence-corrected chi connectivity index (χ1v) is 6.18. The van der Waals surface area contributed by atoms with E-state index in [-0.39, 0.29) is 17.3 Å². The molecule has 1 heterocycles. The van der Waals surface area contributed by atoms with E-state index in [0.717, 1.165) is 13.1 Å². The Kier molecular flexibility index (Phi) is 3.61. The monoisotopic (exact) mass is 267 g/mol. The van der Waals surface area contributed by atoms with Crippen LogP contribution in [0, 0.1) is 5.82 Å². The molecule has 104 valence electrons. The van der Waals surface area contributed by atoms with E-state index in [2.05, 4.69) is 4.90 Å². The normalized spacial score (nSPS) is 20.6. The Morgan fingerprint density at radius 3 is 2.74 bits per heavy atom. The summed E-state index contributed by atoms with van der Waals surface area (Å²) in [6.45, 7) is 4.38. The Balaban J connectivity index is 2.45. The summed E-state index contributed by atoms with van der Waals surface area (Å²) in [5.41, 5.74) is 5.63. The highest BCUT2D eigenvalue weighted by Crippen LogP contribution is 2.30. The molecule has 0 aromatic heterocycles. The van der Waals surface area contributed by atoms with E-state index in [1.165, 1.54) is 12.1 Å². The maximum absolute atomic E-state index is 13.4. The van der Waals surface area contributed by atoms with E-state index in [9.17, 15) is 14.3 Å². The molecule has 6 heteroatoms. The lowest BCUT2D eigenvalue weighted by Gasteiger charge is -2.40. The van der Waals surface area contributed by atoms with Crippen molar-refractivity contribution in [2.45, 2.75) is 13.0 Å². The highest BCUT2D eigenvalue weighted by Gasteiger charge is 2.27. The van der Waals surface area contributed by atoms with Crippen molar-refractivity contribution in [1.82, 2.24) is 4.90 Å². The lowest BCUT2D eigenvalue weighted by Crippen LogP contribution is -2.51. The van der Waals surface area contributed by atoms with E-state index < -0.39 is 11.8 Å². The molecule has 0 aliphatic carbocycles. The molecular formula is C13H18FN3O2. The van der Waals surface area contributed by atoms with Gasteiger partial charge in [-0.2, -0.15) is 0 Å². The number of anilines is 2. The lowest BCUT2D eigenvalue weighted by atomic mass is 10.1. The second-order valence-electron chi connectivity index (χ2n) is 4.96. The van der Waals surface area contributed by atoms with E-state index >= 15 is 0 Å². The van der Waals surface area contributed by atoms with Gasteiger partial charge < -0.3 is 20.6 Å². The van der Waals surface area contributed by atoms with Gasteiger partial charge in [0.2, 0.25) is 0 Å². The molecule has 0 amide bonds. The molecule has 5 nitrogen and oxygen atoms in total. The fourth-order valence-corrected chi connectivity index (χ4v) is 2.54. The summed E-state index contributed by atoms with van der Waals surface area (Å²) >= 11 is 0. The lowest BCUT2D eigenvalue weighted by molar-refractivity contribution is 0.0698. The molecule has 3 N–H and O–H groups in total. The predicted octanol–water partition coefficient (Wildman–Crippen LogP) is 1.25. The molecule has 1 aliphatic rings. The Morgan fingerprint density at radius 1 is 1.47 bits per heavy atom. The number of benzene rings is 1. The molecular weight excluding hydrogens is 249 g/mol. The number of carboxylic acid groups (broad SMARTS) is 1. The first-order valence-electron chi connectivity index (χ1n) is 6.18. The topological polar surface area (TPSA) is 69.8 Å². The molecule has 1 aromatic rings. The van der Waals surface area contributed by atoms with Crippen LogP contribution in [0.5, 0.6) is 0 Å². The van der Waals surface area contributed by atoms with Gasteiger partial charge in [-0.15, -0.1) is 0 Å². The Morgan fingerprint density at radius 2 is 2.16 bits per heavy atom. The Labute approximate surface area is 111 Å². The summed E-state index contributed by atoms with van der Waals surface area (Å²) in [6.07, 6.45) is 0. The number of nitrogens with two attached hydrogens (primary N) is 1. The third-order valence-corrected chi connectivity index (χ3v) is 3.52. The van der Waals surface area contributed by atoms with Gasteiger partial charge in [-0.05, 0) is 26.1 Å². The van der Waals surface area contributed by atoms with Crippen LogP contribution in [0.1, 0.15) is 17.3 Å². The molecule has 0 bridgehead atoms. The number of halogens is 1. The molecule has 19 heavy (non-hydrogen) atoms. The molecule has 0 spiro atoms. The summed E-state index contributed by atoms with van der Waals surface area (Å²) in [4.78, 5) is 15.5. The number of hydrogen-bond acceptors (Lipinski definition) is 4. The zero-order valence-electron chi connectivity index (χ0n) is 11.1. The SMILES string of the molecule is CC1CN(C)CCN1c1ccc(F)c(N)c1C(=O)O. The molecule has 1 saturated heterocycles. The molecule has 0 radical (unpaired) electrons. The number of hydrogen-bond donors (Lipinski definition) is 2. The van der Waals surface area contributed by atoms with Crippen molar-refractivity contribution >= 4 is 17.3 Å². The standard InChI is InChI=1S/C13H18FN3O2/c1-8-7-16(2)5-6-17(8)10-4-3-9(14)12(15)11(10)13(18)19/h3-4,8H,5-7,15H2,1-2H3,(H,18,19). The van der Waals surface area contributed by atoms with Crippen LogP contribution in [0.3, 0.4) is 0 Å². The Bertz CT molecular complexity index is 507. The van der Waals surface area contributed by atoms with Crippen molar-refractivity contribution in [2.75, 3.05) is 37.3 Å². The van der Waals surface area contributed by atoms with Crippen LogP contribution in [0.15, 0.2) is 12.1 Å². The summed E-state index contributed by atoms with van der Waals surface area (Å²) in [5.74, 6) is -1.89. The van der Waals surface area contributed by atoms with Gasteiger partial charge in [-0.3, -0.25) is 0 Å². The van der Waals surface area contributed by atoms with Crippen LogP contribution in [-0.2, 0) is 0 Å². The zero-order valence-corrected chi connectivity index (χ0v) is 11.1. The fourth-order valence-electron chi connectivity index (χ4n) is 2.54. The van der Waals surface area contributed by atoms with Crippen molar-refractivity contribution in [3.05, 3.63) is 23.5 Å². The van der Waals surface area contributed by atoms with Crippen LogP contribution < -0.4 is 10.6 Å². The average molecular weight is 267 g/mol. The van der Waals surface area contributed by atoms with Gasteiger partial charge in [-0.1, -0.05) is 0 Å². The summed E-state index contributed by atoms with van der Waals surface area (Å²) < 4.78 is 13.4. The Hall–Kier alpha value is -1.82. The second-order valence-corrected chi connectivity index (χ2v) is 4.96. The van der Waals surface area contributed by atoms with Crippen LogP contribution in [0.2, 0.25) is 0 Å². The molecule has 0 saturated carbocycles. The first-order chi connectivity index (χ1) is 8.91. The summed E-state index contributed by atoms with van der Waals surface area (Å²) in [6, 6.07) is 2.88. The zero-order chi connectivity index (χ0) is 14.2. The third-order valence-electron chi connectivity index (χ3n) is 3.52. The van der Waals surface area contributed by atoms with Crippen molar-refractivity contribution < 1.29 is 14.3 Å². The van der Waals surface area contributed by atoms with Gasteiger partial charge in [-0.25, -0.2) is 9.18 Å². The number of rotatable bonds is 2. The number of carbonyl (C=O) groups is 1. The minimum atomic E-state index is -1.20. The van der Waals surface area contributed by atoms with Crippen LogP contribution in [-0.4, -0.2) is 48.7 Å². The average Bonchev–Trinajstić information content (AvgIpc) is 2.32. The minimum absolute atomic E-state index is 0.142. The highest BCUT2D eigenvalue weighted by molar-refractivity contribution is 6.00. The first kappa shape index (κ1) is 13.6. The van der Waals surface area contributed by atoms with Gasteiger partial charge in [0, 0.05) is 25.7 Å². The van der Waals surface area contributed by atoms with Crippen LogP contribution in [0.25, 0.3) is 0 Å². The molecule has 2 rings (SSSR count). The van der Waals surface area contributed by atoms with Gasteiger partial charge >= 0.3 is 5.97 Å². The van der Waals surface area contributed by atoms with Gasteiger partial charge in [0.15, 0.2) is 0 Å². The third kappa shape index (κ3) is 2.49. The molecule has 1 fully saturated rings. The maximum atomic E-state index is 13.4. The van der Waals surface area contributed by atoms with E-state index in [4.69, 9.17) is 5.73 Å². The minimum Gasteiger partial charge on any atom is -0.478 e. The molecule has 1 unspecified atom stereocenters. The largest absolute Gasteiger partial charge is 0.478 e. The number of aromatic carboxylic acids is 1. The summed E-state index contributed by atoms with van der Waals surface area (Å²) in [7, 11) is 2.02. The number of nitrogen functional groups attached to an aromatic ring is 1. The number of nitrogens with zero attached hydrogens (tertiary/aromatic N) is 2. The van der Waals surface area contributed by atoms with Gasteiger partial charge in [0.05, 0.1) is 11.4 Å². The quantitative estimate of drug-likeness (QED) is 0.789. The smallest absolute Gasteiger partial charge is 0.340 e. The number of piperazine rings is 1. The van der Waals surface area contributed by atoms with Crippen molar-refractivity contribution in [1.29, 1.82) is 0 Å². The second kappa shape index (κ2) is 5.05. The molecule has 1 aromatic carbocycles. The van der Waals surface area contributed by atoms with E-state index in [1.807, 2.05) is 18.9 Å². The van der Waals surface area contributed by atoms with E-state index in [1.54, 1.807) is 0 Å². The van der Waals surface area contributed by atoms with Crippen molar-refractivity contribution in [3.63, 3.8) is 0 Å². The fraction of sp³-hybridized carbons (Fsp3) is 0.462. The number of likely N-dealkylation sites (N-methyl/N-ethyl adjacent to an activating group) is 1. The molecule has 1 atom stereocenters. The van der Waals surface area contributed by atoms with Crippen LogP contribution >= 0.6 is 0 Å². The summed E-state index contributed by atoms with van der Waals surface area (Å²) in [5, 5.41) is 9.26. The van der Waals surface area contributed by atoms with Gasteiger partial charge in [0.25, 0.3) is 0 Å². The highest BCUT2D eigenvalue weighted by atomic mass is 19.1. The molecule has 1 aliphatic heterocycles. The van der Waals surface area contributed by atoms with Crippen LogP contribution in [0.4, 0.5) is 15.8 Å². The van der Waals surface area contributed by atoms with Crippen molar-refractivity contribution in [2.24, 2.45) is 0 Å². The number of carboxylic acids is 1. The van der Waals surface area contributed by atoms with Crippen molar-refractivity contribution in [3.8, 4) is 0 Å².